The Labute approximate surface area is 159 Å². The number of carbonyl (C=O) groups excluding carboxylic acids is 2. The highest BCUT2D eigenvalue weighted by molar-refractivity contribution is 7.33. The maximum absolute atomic E-state index is 12.3. The Bertz CT molecular complexity index is 775. The molecular formula is C19H19Cl2O3P. The van der Waals surface area contributed by atoms with Gasteiger partial charge in [-0.1, -0.05) is 47.0 Å². The molecule has 2 aromatic carbocycles. The fraction of sp³-hybridized carbons (Fsp3) is 0.263. The van der Waals surface area contributed by atoms with Gasteiger partial charge in [0.1, 0.15) is 0 Å². The number of benzene rings is 2. The molecule has 0 heterocycles. The summed E-state index contributed by atoms with van der Waals surface area (Å²) in [5, 5.41) is 0.674. The molecule has 0 spiro atoms. The Morgan fingerprint density at radius 3 is 2.12 bits per heavy atom. The minimum atomic E-state index is -0.350. The molecule has 25 heavy (non-hydrogen) atoms. The van der Waals surface area contributed by atoms with E-state index in [1.807, 2.05) is 32.9 Å². The van der Waals surface area contributed by atoms with Gasteiger partial charge in [0.25, 0.3) is 0 Å². The molecule has 1 atom stereocenters. The summed E-state index contributed by atoms with van der Waals surface area (Å²) >= 11 is 12.1. The summed E-state index contributed by atoms with van der Waals surface area (Å²) in [7, 11) is -0.0972. The van der Waals surface area contributed by atoms with Gasteiger partial charge >= 0.3 is 5.97 Å². The maximum Gasteiger partial charge on any atom is 0.341 e. The average molecular weight is 397 g/mol. The van der Waals surface area contributed by atoms with Gasteiger partial charge in [0.05, 0.1) is 30.0 Å². The molecule has 0 N–H and O–H groups in total. The van der Waals surface area contributed by atoms with Gasteiger partial charge in [-0.15, -0.1) is 0 Å². The van der Waals surface area contributed by atoms with Gasteiger partial charge in [-0.3, -0.25) is 4.79 Å². The molecule has 3 nitrogen and oxygen atoms in total. The zero-order valence-corrected chi connectivity index (χ0v) is 16.8. The molecule has 0 bridgehead atoms. The van der Waals surface area contributed by atoms with Crippen LogP contribution in [0.5, 0.6) is 0 Å². The zero-order chi connectivity index (χ0) is 18.6. The van der Waals surface area contributed by atoms with Gasteiger partial charge in [0.15, 0.2) is 5.78 Å². The number of rotatable bonds is 6. The summed E-state index contributed by atoms with van der Waals surface area (Å²) in [5.74, 6) is -0.501. The SMILES string of the molecule is Cc1cc(C)c(C(=O)OPCCC(=O)c2c(Cl)cccc2Cl)c(C)c1. The monoisotopic (exact) mass is 396 g/mol. The summed E-state index contributed by atoms with van der Waals surface area (Å²) in [6.07, 6.45) is 0.664. The number of carbonyl (C=O) groups is 2. The van der Waals surface area contributed by atoms with Gasteiger partial charge in [-0.25, -0.2) is 4.79 Å². The molecule has 0 aromatic heterocycles. The van der Waals surface area contributed by atoms with Crippen molar-refractivity contribution < 1.29 is 14.1 Å². The Balaban J connectivity index is 1.91. The lowest BCUT2D eigenvalue weighted by atomic mass is 10.0. The molecule has 0 fully saturated rings. The van der Waals surface area contributed by atoms with Gasteiger partial charge in [0.2, 0.25) is 0 Å². The number of ketones is 1. The standard InChI is InChI=1S/C19H19Cl2O3P/c1-11-9-12(2)17(13(3)10-11)19(23)24-25-8-7-16(22)18-14(20)5-4-6-15(18)21/h4-6,9-10,25H,7-8H2,1-3H3. The van der Waals surface area contributed by atoms with Crippen molar-refractivity contribution in [3.05, 3.63) is 68.2 Å². The van der Waals surface area contributed by atoms with Crippen LogP contribution in [0.1, 0.15) is 43.8 Å². The Kier molecular flexibility index (Phi) is 7.01. The molecule has 0 aliphatic rings. The van der Waals surface area contributed by atoms with Crippen LogP contribution in [0, 0.1) is 20.8 Å². The van der Waals surface area contributed by atoms with Crippen molar-refractivity contribution in [1.29, 1.82) is 0 Å². The summed E-state index contributed by atoms with van der Waals surface area (Å²) in [6.45, 7) is 5.77. The number of hydrogen-bond donors (Lipinski definition) is 0. The van der Waals surface area contributed by atoms with E-state index in [4.69, 9.17) is 27.7 Å². The quantitative estimate of drug-likeness (QED) is 0.344. The first-order chi connectivity index (χ1) is 11.8. The predicted molar refractivity (Wildman–Crippen MR) is 105 cm³/mol. The lowest BCUT2D eigenvalue weighted by molar-refractivity contribution is 0.0757. The van der Waals surface area contributed by atoms with Crippen molar-refractivity contribution in [2.24, 2.45) is 0 Å². The number of hydrogen-bond acceptors (Lipinski definition) is 3. The molecule has 0 amide bonds. The average Bonchev–Trinajstić information content (AvgIpc) is 2.50. The van der Waals surface area contributed by atoms with E-state index < -0.39 is 0 Å². The predicted octanol–water partition coefficient (Wildman–Crippen LogP) is 5.94. The second kappa shape index (κ2) is 8.80. The number of aryl methyl sites for hydroxylation is 3. The summed E-state index contributed by atoms with van der Waals surface area (Å²) in [4.78, 5) is 24.5. The summed E-state index contributed by atoms with van der Waals surface area (Å²) in [6, 6.07) is 8.86. The van der Waals surface area contributed by atoms with Crippen molar-refractivity contribution >= 4 is 43.8 Å². The topological polar surface area (TPSA) is 43.4 Å². The van der Waals surface area contributed by atoms with E-state index in [1.54, 1.807) is 18.2 Å². The summed E-state index contributed by atoms with van der Waals surface area (Å²) in [5.41, 5.74) is 3.82. The molecule has 1 unspecified atom stereocenters. The van der Waals surface area contributed by atoms with Crippen LogP contribution in [-0.2, 0) is 4.52 Å². The third-order valence-electron chi connectivity index (χ3n) is 3.74. The molecule has 0 aliphatic heterocycles. The van der Waals surface area contributed by atoms with Crippen LogP contribution in [0.15, 0.2) is 30.3 Å². The van der Waals surface area contributed by atoms with E-state index in [0.717, 1.165) is 16.7 Å². The van der Waals surface area contributed by atoms with E-state index in [9.17, 15) is 9.59 Å². The van der Waals surface area contributed by atoms with Crippen molar-refractivity contribution in [3.8, 4) is 0 Å². The minimum absolute atomic E-state index is 0.0972. The van der Waals surface area contributed by atoms with Crippen LogP contribution >= 0.6 is 32.0 Å². The lowest BCUT2D eigenvalue weighted by Gasteiger charge is -2.11. The molecule has 2 aromatic rings. The minimum Gasteiger partial charge on any atom is -0.445 e. The highest BCUT2D eigenvalue weighted by Gasteiger charge is 2.16. The van der Waals surface area contributed by atoms with E-state index in [-0.39, 0.29) is 27.0 Å². The second-order valence-corrected chi connectivity index (χ2v) is 7.63. The van der Waals surface area contributed by atoms with E-state index in [1.165, 1.54) is 0 Å². The third kappa shape index (κ3) is 5.04. The molecule has 0 aliphatic carbocycles. The molecule has 0 radical (unpaired) electrons. The van der Waals surface area contributed by atoms with Gasteiger partial charge in [-0.2, -0.15) is 0 Å². The fourth-order valence-electron chi connectivity index (χ4n) is 2.72. The number of halogens is 2. The van der Waals surface area contributed by atoms with Crippen LogP contribution < -0.4 is 0 Å². The molecule has 0 saturated carbocycles. The maximum atomic E-state index is 12.3. The van der Waals surface area contributed by atoms with Crippen LogP contribution in [0.4, 0.5) is 0 Å². The normalized spacial score (nSPS) is 11.1. The Morgan fingerprint density at radius 1 is 1.00 bits per heavy atom. The number of Topliss-reactive ketones (excluding diaryl/α,β-unsaturated/α-hetero) is 1. The molecule has 6 heteroatoms. The Hall–Kier alpha value is -1.41. The smallest absolute Gasteiger partial charge is 0.341 e. The van der Waals surface area contributed by atoms with Crippen molar-refractivity contribution in [2.45, 2.75) is 27.2 Å². The molecule has 2 rings (SSSR count). The van der Waals surface area contributed by atoms with E-state index in [0.29, 0.717) is 27.3 Å². The van der Waals surface area contributed by atoms with Crippen LogP contribution in [0.25, 0.3) is 0 Å². The fourth-order valence-corrected chi connectivity index (χ4v) is 4.00. The first kappa shape index (κ1) is 19.9. The van der Waals surface area contributed by atoms with Gasteiger partial charge in [0, 0.05) is 12.6 Å². The largest absolute Gasteiger partial charge is 0.445 e. The van der Waals surface area contributed by atoms with E-state index >= 15 is 0 Å². The third-order valence-corrected chi connectivity index (χ3v) is 5.16. The second-order valence-electron chi connectivity index (χ2n) is 5.83. The first-order valence-electron chi connectivity index (χ1n) is 7.80. The highest BCUT2D eigenvalue weighted by Crippen LogP contribution is 2.27. The van der Waals surface area contributed by atoms with Gasteiger partial charge < -0.3 is 4.52 Å². The summed E-state index contributed by atoms with van der Waals surface area (Å²) < 4.78 is 5.35. The Morgan fingerprint density at radius 2 is 1.56 bits per heavy atom. The van der Waals surface area contributed by atoms with Crippen LogP contribution in [0.3, 0.4) is 0 Å². The van der Waals surface area contributed by atoms with Crippen LogP contribution in [-0.4, -0.2) is 17.9 Å². The van der Waals surface area contributed by atoms with Crippen molar-refractivity contribution in [1.82, 2.24) is 0 Å². The first-order valence-corrected chi connectivity index (χ1v) is 9.67. The van der Waals surface area contributed by atoms with Gasteiger partial charge in [-0.05, 0) is 44.0 Å². The molecule has 132 valence electrons. The van der Waals surface area contributed by atoms with Crippen molar-refractivity contribution in [3.63, 3.8) is 0 Å². The highest BCUT2D eigenvalue weighted by atomic mass is 35.5. The molecular weight excluding hydrogens is 378 g/mol. The van der Waals surface area contributed by atoms with E-state index in [2.05, 4.69) is 0 Å². The zero-order valence-electron chi connectivity index (χ0n) is 14.3. The lowest BCUT2D eigenvalue weighted by Crippen LogP contribution is -2.07. The molecule has 0 saturated heterocycles. The van der Waals surface area contributed by atoms with Crippen molar-refractivity contribution in [2.75, 3.05) is 6.16 Å². The van der Waals surface area contributed by atoms with Crippen LogP contribution in [0.2, 0.25) is 10.0 Å².